The molecular weight excluding hydrogens is 404 g/mol. The van der Waals surface area contributed by atoms with Gasteiger partial charge in [0.2, 0.25) is 0 Å². The van der Waals surface area contributed by atoms with E-state index in [9.17, 15) is 19.8 Å². The van der Waals surface area contributed by atoms with Crippen LogP contribution in [0.1, 0.15) is 51.7 Å². The van der Waals surface area contributed by atoms with E-state index < -0.39 is 25.5 Å². The predicted octanol–water partition coefficient (Wildman–Crippen LogP) is 5.84. The molecule has 0 aromatic heterocycles. The van der Waals surface area contributed by atoms with Gasteiger partial charge in [0.25, 0.3) is 0 Å². The molecule has 1 aliphatic carbocycles. The molecule has 2 aromatic rings. The molecule has 0 amide bonds. The van der Waals surface area contributed by atoms with E-state index in [-0.39, 0.29) is 12.8 Å². The van der Waals surface area contributed by atoms with Crippen LogP contribution in [0.5, 0.6) is 0 Å². The van der Waals surface area contributed by atoms with Crippen LogP contribution in [0, 0.1) is 0 Å². The highest BCUT2D eigenvalue weighted by Crippen LogP contribution is 2.66. The lowest BCUT2D eigenvalue weighted by molar-refractivity contribution is -0.138. The topological polar surface area (TPSA) is 74.6 Å². The molecule has 4 nitrogen and oxygen atoms in total. The van der Waals surface area contributed by atoms with E-state index in [1.807, 2.05) is 52.0 Å². The summed E-state index contributed by atoms with van der Waals surface area (Å²) in [7, 11) is 0. The maximum Gasteiger partial charge on any atom is 0.304 e. The van der Waals surface area contributed by atoms with Crippen molar-refractivity contribution in [2.75, 3.05) is 0 Å². The van der Waals surface area contributed by atoms with Crippen molar-refractivity contribution in [1.82, 2.24) is 0 Å². The highest BCUT2D eigenvalue weighted by atomic mass is 32.2. The number of benzene rings is 2. The summed E-state index contributed by atoms with van der Waals surface area (Å²) in [6, 6.07) is 16.4. The zero-order chi connectivity index (χ0) is 21.4. The highest BCUT2D eigenvalue weighted by molar-refractivity contribution is 8.19. The van der Waals surface area contributed by atoms with E-state index in [0.717, 1.165) is 22.3 Å². The summed E-state index contributed by atoms with van der Waals surface area (Å²) in [5, 5.41) is 18.9. The van der Waals surface area contributed by atoms with Crippen LogP contribution < -0.4 is 0 Å². The molecule has 2 aromatic carbocycles. The van der Waals surface area contributed by atoms with Crippen molar-refractivity contribution in [1.29, 1.82) is 0 Å². The number of fused-ring (bicyclic) bond motifs is 3. The Morgan fingerprint density at radius 2 is 1.10 bits per heavy atom. The minimum Gasteiger partial charge on any atom is -0.481 e. The van der Waals surface area contributed by atoms with Gasteiger partial charge in [0, 0.05) is 9.49 Å². The molecule has 1 aliphatic rings. The second kappa shape index (κ2) is 7.73. The van der Waals surface area contributed by atoms with Crippen LogP contribution in [0.2, 0.25) is 0 Å². The Morgan fingerprint density at radius 1 is 0.759 bits per heavy atom. The van der Waals surface area contributed by atoms with Crippen molar-refractivity contribution in [3.8, 4) is 11.1 Å². The standard InChI is InChI=1S/C23H26O4S2/c1-21(2,13-19(24)25)28-23(29-22(3,4)14-20(26)27)17-11-7-5-9-15(17)16-10-6-8-12-18(16)23/h5-12H,13-14H2,1-4H3,(H,24,25)(H,26,27). The summed E-state index contributed by atoms with van der Waals surface area (Å²) in [4.78, 5) is 23.0. The first-order valence-electron chi connectivity index (χ1n) is 9.49. The highest BCUT2D eigenvalue weighted by Gasteiger charge is 2.50. The van der Waals surface area contributed by atoms with E-state index in [4.69, 9.17) is 0 Å². The number of carboxylic acids is 2. The van der Waals surface area contributed by atoms with Gasteiger partial charge in [-0.3, -0.25) is 9.59 Å². The van der Waals surface area contributed by atoms with E-state index >= 15 is 0 Å². The predicted molar refractivity (Wildman–Crippen MR) is 121 cm³/mol. The quantitative estimate of drug-likeness (QED) is 0.512. The third kappa shape index (κ3) is 4.48. The third-order valence-corrected chi connectivity index (χ3v) is 8.20. The van der Waals surface area contributed by atoms with Crippen molar-refractivity contribution < 1.29 is 19.8 Å². The first-order valence-corrected chi connectivity index (χ1v) is 11.1. The van der Waals surface area contributed by atoms with Gasteiger partial charge in [0.1, 0.15) is 4.08 Å². The average molecular weight is 431 g/mol. The van der Waals surface area contributed by atoms with Crippen molar-refractivity contribution in [2.24, 2.45) is 0 Å². The SMILES string of the molecule is CC(C)(CC(=O)O)SC1(SC(C)(C)CC(=O)O)c2ccccc2-c2ccccc21. The molecule has 0 bridgehead atoms. The number of aliphatic carboxylic acids is 2. The van der Waals surface area contributed by atoms with Crippen LogP contribution in [0.25, 0.3) is 11.1 Å². The summed E-state index contributed by atoms with van der Waals surface area (Å²) in [5.41, 5.74) is 4.46. The Balaban J connectivity index is 2.21. The molecular formula is C23H26O4S2. The van der Waals surface area contributed by atoms with Crippen molar-refractivity contribution in [3.63, 3.8) is 0 Å². The van der Waals surface area contributed by atoms with E-state index in [1.165, 1.54) is 0 Å². The molecule has 6 heteroatoms. The van der Waals surface area contributed by atoms with Crippen molar-refractivity contribution in [2.45, 2.75) is 54.1 Å². The Hall–Kier alpha value is -1.92. The van der Waals surface area contributed by atoms with E-state index in [1.54, 1.807) is 23.5 Å². The van der Waals surface area contributed by atoms with Crippen LogP contribution in [-0.2, 0) is 13.7 Å². The van der Waals surface area contributed by atoms with Gasteiger partial charge >= 0.3 is 11.9 Å². The summed E-state index contributed by atoms with van der Waals surface area (Å²) in [6.45, 7) is 7.79. The number of hydrogen-bond acceptors (Lipinski definition) is 4. The fourth-order valence-corrected chi connectivity index (χ4v) is 8.59. The molecule has 0 spiro atoms. The van der Waals surface area contributed by atoms with Crippen molar-refractivity contribution in [3.05, 3.63) is 59.7 Å². The number of thioether (sulfide) groups is 2. The van der Waals surface area contributed by atoms with Gasteiger partial charge in [0.05, 0.1) is 12.8 Å². The number of carbonyl (C=O) groups is 2. The zero-order valence-corrected chi connectivity index (χ0v) is 18.7. The lowest BCUT2D eigenvalue weighted by atomic mass is 10.1. The second-order valence-corrected chi connectivity index (χ2v) is 12.7. The molecule has 0 atom stereocenters. The molecule has 154 valence electrons. The molecule has 0 saturated heterocycles. The Labute approximate surface area is 180 Å². The number of rotatable bonds is 8. The summed E-state index contributed by atoms with van der Waals surface area (Å²) in [5.74, 6) is -1.68. The van der Waals surface area contributed by atoms with Gasteiger partial charge in [-0.1, -0.05) is 76.2 Å². The van der Waals surface area contributed by atoms with Crippen LogP contribution >= 0.6 is 23.5 Å². The van der Waals surface area contributed by atoms with Crippen LogP contribution in [-0.4, -0.2) is 31.6 Å². The van der Waals surface area contributed by atoms with Gasteiger partial charge in [0.15, 0.2) is 0 Å². The van der Waals surface area contributed by atoms with Crippen LogP contribution in [0.15, 0.2) is 48.5 Å². The molecule has 0 radical (unpaired) electrons. The Morgan fingerprint density at radius 3 is 1.45 bits per heavy atom. The van der Waals surface area contributed by atoms with E-state index in [2.05, 4.69) is 24.3 Å². The Kier molecular flexibility index (Phi) is 5.80. The maximum absolute atomic E-state index is 11.5. The third-order valence-electron chi connectivity index (χ3n) is 4.85. The van der Waals surface area contributed by atoms with Gasteiger partial charge in [-0.2, -0.15) is 0 Å². The largest absolute Gasteiger partial charge is 0.481 e. The zero-order valence-electron chi connectivity index (χ0n) is 17.1. The number of hydrogen-bond donors (Lipinski definition) is 2. The first kappa shape index (κ1) is 21.8. The maximum atomic E-state index is 11.5. The average Bonchev–Trinajstić information content (AvgIpc) is 2.82. The molecule has 0 aliphatic heterocycles. The summed E-state index contributed by atoms with van der Waals surface area (Å²) < 4.78 is -1.70. The molecule has 3 rings (SSSR count). The Bertz CT molecular complexity index is 872. The van der Waals surface area contributed by atoms with Gasteiger partial charge in [-0.05, 0) is 22.3 Å². The molecule has 0 heterocycles. The fourth-order valence-electron chi connectivity index (χ4n) is 3.97. The summed E-state index contributed by atoms with van der Waals surface area (Å²) in [6.07, 6.45) is 0.0351. The molecule has 0 fully saturated rings. The fraction of sp³-hybridized carbons (Fsp3) is 0.391. The first-order chi connectivity index (χ1) is 13.5. The minimum absolute atomic E-state index is 0.0175. The molecule has 29 heavy (non-hydrogen) atoms. The van der Waals surface area contributed by atoms with Gasteiger partial charge in [-0.15, -0.1) is 23.5 Å². The van der Waals surface area contributed by atoms with Crippen molar-refractivity contribution >= 4 is 35.5 Å². The number of carboxylic acid groups (broad SMARTS) is 2. The van der Waals surface area contributed by atoms with E-state index in [0.29, 0.717) is 0 Å². The monoisotopic (exact) mass is 430 g/mol. The second-order valence-electron chi connectivity index (χ2n) is 8.57. The summed E-state index contributed by atoms with van der Waals surface area (Å²) >= 11 is 3.23. The van der Waals surface area contributed by atoms with Gasteiger partial charge < -0.3 is 10.2 Å². The van der Waals surface area contributed by atoms with Gasteiger partial charge in [-0.25, -0.2) is 0 Å². The normalized spacial score (nSPS) is 14.9. The van der Waals surface area contributed by atoms with Crippen LogP contribution in [0.4, 0.5) is 0 Å². The minimum atomic E-state index is -0.841. The van der Waals surface area contributed by atoms with Crippen LogP contribution in [0.3, 0.4) is 0 Å². The molecule has 2 N–H and O–H groups in total. The smallest absolute Gasteiger partial charge is 0.304 e. The molecule has 0 saturated carbocycles. The lowest BCUT2D eigenvalue weighted by Gasteiger charge is -2.42. The molecule has 0 unspecified atom stereocenters. The lowest BCUT2D eigenvalue weighted by Crippen LogP contribution is -2.33.